The molecule has 1 rings (SSSR count). The molecule has 0 amide bonds. The van der Waals surface area contributed by atoms with Crippen molar-refractivity contribution in [2.45, 2.75) is 77.6 Å². The molecule has 3 N–H and O–H groups in total. The van der Waals surface area contributed by atoms with E-state index in [4.69, 9.17) is 5.73 Å². The molecule has 114 valence electrons. The molecule has 0 aliphatic rings. The van der Waals surface area contributed by atoms with Crippen molar-refractivity contribution in [3.05, 3.63) is 23.8 Å². The molecule has 0 aliphatic carbocycles. The van der Waals surface area contributed by atoms with Crippen LogP contribution < -0.4 is 5.73 Å². The van der Waals surface area contributed by atoms with Gasteiger partial charge in [-0.05, 0) is 24.5 Å². The van der Waals surface area contributed by atoms with Crippen molar-refractivity contribution in [2.24, 2.45) is 0 Å². The summed E-state index contributed by atoms with van der Waals surface area (Å²) in [6.45, 7) is 2.26. The Kier molecular flexibility index (Phi) is 8.93. The molecular weight excluding hydrogens is 246 g/mol. The Balaban J connectivity index is 1.98. The maximum Gasteiger partial charge on any atom is 0.138 e. The predicted molar refractivity (Wildman–Crippen MR) is 88.1 cm³/mol. The Hall–Kier alpha value is -1.18. The smallest absolute Gasteiger partial charge is 0.138 e. The van der Waals surface area contributed by atoms with Gasteiger partial charge in [0.25, 0.3) is 0 Å². The van der Waals surface area contributed by atoms with Gasteiger partial charge in [-0.3, -0.25) is 0 Å². The van der Waals surface area contributed by atoms with Gasteiger partial charge in [-0.15, -0.1) is 0 Å². The lowest BCUT2D eigenvalue weighted by atomic mass is 10.0. The summed E-state index contributed by atoms with van der Waals surface area (Å²) in [5.41, 5.74) is 7.50. The minimum atomic E-state index is 0.217. The number of para-hydroxylation sites is 1. The number of nitrogens with two attached hydrogens (primary N) is 1. The van der Waals surface area contributed by atoms with E-state index in [1.165, 1.54) is 64.2 Å². The third kappa shape index (κ3) is 6.83. The molecule has 2 heteroatoms. The summed E-state index contributed by atoms with van der Waals surface area (Å²) in [4.78, 5) is 0. The van der Waals surface area contributed by atoms with Crippen LogP contribution in [0.3, 0.4) is 0 Å². The monoisotopic (exact) mass is 277 g/mol. The summed E-state index contributed by atoms with van der Waals surface area (Å²) in [7, 11) is 0. The van der Waals surface area contributed by atoms with Crippen molar-refractivity contribution >= 4 is 5.69 Å². The van der Waals surface area contributed by atoms with Gasteiger partial charge >= 0.3 is 0 Å². The maximum atomic E-state index is 9.54. The van der Waals surface area contributed by atoms with Crippen LogP contribution in [-0.4, -0.2) is 5.11 Å². The predicted octanol–water partition coefficient (Wildman–Crippen LogP) is 5.44. The molecule has 1 aromatic rings. The molecule has 0 aliphatic heterocycles. The van der Waals surface area contributed by atoms with Crippen molar-refractivity contribution in [3.8, 4) is 5.75 Å². The second-order valence-electron chi connectivity index (χ2n) is 5.78. The topological polar surface area (TPSA) is 46.2 Å². The number of hydrogen-bond donors (Lipinski definition) is 2. The average Bonchev–Trinajstić information content (AvgIpc) is 2.45. The summed E-state index contributed by atoms with van der Waals surface area (Å²) in [6, 6.07) is 5.54. The van der Waals surface area contributed by atoms with Crippen LogP contribution in [0, 0.1) is 0 Å². The van der Waals surface area contributed by atoms with E-state index in [1.807, 2.05) is 12.1 Å². The Morgan fingerprint density at radius 1 is 0.850 bits per heavy atom. The van der Waals surface area contributed by atoms with Gasteiger partial charge in [0.05, 0.1) is 5.69 Å². The van der Waals surface area contributed by atoms with Crippen molar-refractivity contribution in [2.75, 3.05) is 5.73 Å². The zero-order chi connectivity index (χ0) is 14.6. The molecule has 0 atom stereocenters. The highest BCUT2D eigenvalue weighted by molar-refractivity contribution is 5.57. The molecule has 0 bridgehead atoms. The third-order valence-electron chi connectivity index (χ3n) is 3.97. The first kappa shape index (κ1) is 16.9. The second kappa shape index (κ2) is 10.6. The van der Waals surface area contributed by atoms with Gasteiger partial charge in [-0.25, -0.2) is 0 Å². The van der Waals surface area contributed by atoms with Gasteiger partial charge in [0.1, 0.15) is 5.75 Å². The zero-order valence-electron chi connectivity index (χ0n) is 13.0. The van der Waals surface area contributed by atoms with Gasteiger partial charge < -0.3 is 10.8 Å². The normalized spacial score (nSPS) is 10.8. The number of hydrogen-bond acceptors (Lipinski definition) is 2. The Bertz CT molecular complexity index is 362. The van der Waals surface area contributed by atoms with Crippen LogP contribution in [0.1, 0.15) is 76.7 Å². The zero-order valence-corrected chi connectivity index (χ0v) is 13.0. The van der Waals surface area contributed by atoms with E-state index in [1.54, 1.807) is 6.07 Å². The van der Waals surface area contributed by atoms with Crippen molar-refractivity contribution in [3.63, 3.8) is 0 Å². The molecule has 0 heterocycles. The number of aryl methyl sites for hydroxylation is 1. The minimum Gasteiger partial charge on any atom is -0.506 e. The van der Waals surface area contributed by atoms with Crippen LogP contribution in [-0.2, 0) is 6.42 Å². The Morgan fingerprint density at radius 3 is 2.00 bits per heavy atom. The van der Waals surface area contributed by atoms with Crippen LogP contribution in [0.2, 0.25) is 0 Å². The van der Waals surface area contributed by atoms with E-state index in [0.29, 0.717) is 5.69 Å². The standard InChI is InChI=1S/C18H31NO/c1-2-3-4-5-6-7-8-9-10-11-13-16-14-12-15-17(20)18(16)19/h12,14-15,20H,2-11,13,19H2,1H3. The molecule has 0 saturated heterocycles. The van der Waals surface area contributed by atoms with Gasteiger partial charge in [0.15, 0.2) is 0 Å². The third-order valence-corrected chi connectivity index (χ3v) is 3.97. The average molecular weight is 277 g/mol. The van der Waals surface area contributed by atoms with Crippen LogP contribution in [0.4, 0.5) is 5.69 Å². The number of rotatable bonds is 11. The lowest BCUT2D eigenvalue weighted by molar-refractivity contribution is 0.477. The summed E-state index contributed by atoms with van der Waals surface area (Å²) < 4.78 is 0. The van der Waals surface area contributed by atoms with Crippen LogP contribution >= 0.6 is 0 Å². The molecule has 2 nitrogen and oxygen atoms in total. The second-order valence-corrected chi connectivity index (χ2v) is 5.78. The first-order valence-electron chi connectivity index (χ1n) is 8.32. The lowest BCUT2D eigenvalue weighted by Gasteiger charge is -2.07. The van der Waals surface area contributed by atoms with E-state index in [-0.39, 0.29) is 5.75 Å². The molecule has 0 fully saturated rings. The van der Waals surface area contributed by atoms with Gasteiger partial charge in [-0.2, -0.15) is 0 Å². The molecule has 1 aromatic carbocycles. The van der Waals surface area contributed by atoms with Crippen LogP contribution in [0.25, 0.3) is 0 Å². The number of phenols is 1. The number of nitrogen functional groups attached to an aromatic ring is 1. The fourth-order valence-electron chi connectivity index (χ4n) is 2.62. The van der Waals surface area contributed by atoms with Crippen molar-refractivity contribution < 1.29 is 5.11 Å². The molecule has 0 saturated carbocycles. The van der Waals surface area contributed by atoms with Crippen LogP contribution in [0.15, 0.2) is 18.2 Å². The van der Waals surface area contributed by atoms with Gasteiger partial charge in [0, 0.05) is 0 Å². The number of unbranched alkanes of at least 4 members (excludes halogenated alkanes) is 9. The number of phenolic OH excluding ortho intramolecular Hbond substituents is 1. The van der Waals surface area contributed by atoms with Crippen molar-refractivity contribution in [1.29, 1.82) is 0 Å². The largest absolute Gasteiger partial charge is 0.506 e. The van der Waals surface area contributed by atoms with Gasteiger partial charge in [0.2, 0.25) is 0 Å². The fourth-order valence-corrected chi connectivity index (χ4v) is 2.62. The number of aromatic hydroxyl groups is 1. The van der Waals surface area contributed by atoms with E-state index >= 15 is 0 Å². The highest BCUT2D eigenvalue weighted by Crippen LogP contribution is 2.25. The Labute approximate surface area is 124 Å². The molecule has 20 heavy (non-hydrogen) atoms. The molecule has 0 aromatic heterocycles. The van der Waals surface area contributed by atoms with Crippen molar-refractivity contribution in [1.82, 2.24) is 0 Å². The summed E-state index contributed by atoms with van der Waals surface area (Å²) >= 11 is 0. The van der Waals surface area contributed by atoms with E-state index < -0.39 is 0 Å². The molecule has 0 unspecified atom stereocenters. The number of benzene rings is 1. The maximum absolute atomic E-state index is 9.54. The SMILES string of the molecule is CCCCCCCCCCCCc1cccc(O)c1N. The highest BCUT2D eigenvalue weighted by Gasteiger charge is 2.02. The lowest BCUT2D eigenvalue weighted by Crippen LogP contribution is -1.95. The van der Waals surface area contributed by atoms with E-state index in [2.05, 4.69) is 6.92 Å². The van der Waals surface area contributed by atoms with Crippen LogP contribution in [0.5, 0.6) is 5.75 Å². The summed E-state index contributed by atoms with van der Waals surface area (Å²) in [5, 5.41) is 9.54. The molecular formula is C18H31NO. The highest BCUT2D eigenvalue weighted by atomic mass is 16.3. The van der Waals surface area contributed by atoms with E-state index in [9.17, 15) is 5.11 Å². The van der Waals surface area contributed by atoms with E-state index in [0.717, 1.165) is 12.0 Å². The molecule has 0 spiro atoms. The van der Waals surface area contributed by atoms with Gasteiger partial charge in [-0.1, -0.05) is 76.8 Å². The fraction of sp³-hybridized carbons (Fsp3) is 0.667. The quantitative estimate of drug-likeness (QED) is 0.321. The summed E-state index contributed by atoms with van der Waals surface area (Å²) in [5.74, 6) is 0.217. The first-order valence-corrected chi connectivity index (χ1v) is 8.32. The number of anilines is 1. The molecule has 0 radical (unpaired) electrons. The minimum absolute atomic E-state index is 0.217. The Morgan fingerprint density at radius 2 is 1.40 bits per heavy atom. The summed E-state index contributed by atoms with van der Waals surface area (Å²) in [6.07, 6.45) is 14.4. The first-order chi connectivity index (χ1) is 9.75.